The number of oxime groups is 1. The molecular weight excluding hydrogens is 280 g/mol. The van der Waals surface area contributed by atoms with Crippen LogP contribution in [0.4, 0.5) is 0 Å². The van der Waals surface area contributed by atoms with Gasteiger partial charge in [-0.25, -0.2) is 4.79 Å². The monoisotopic (exact) mass is 292 g/mol. The average Bonchev–Trinajstić information content (AvgIpc) is 2.64. The molecule has 1 aromatic heterocycles. The van der Waals surface area contributed by atoms with Crippen LogP contribution >= 0.6 is 11.6 Å². The van der Waals surface area contributed by atoms with Crippen molar-refractivity contribution in [3.8, 4) is 5.69 Å². The van der Waals surface area contributed by atoms with Crippen LogP contribution in [0.5, 0.6) is 0 Å². The van der Waals surface area contributed by atoms with E-state index in [0.717, 1.165) is 22.6 Å². The van der Waals surface area contributed by atoms with Gasteiger partial charge in [-0.2, -0.15) is 0 Å². The molecule has 0 saturated carbocycles. The van der Waals surface area contributed by atoms with Crippen molar-refractivity contribution in [3.63, 3.8) is 0 Å². The summed E-state index contributed by atoms with van der Waals surface area (Å²) in [5, 5.41) is 20.8. The van der Waals surface area contributed by atoms with E-state index in [-0.39, 0.29) is 10.6 Å². The first kappa shape index (κ1) is 14.1. The number of hydrogen-bond acceptors (Lipinski definition) is 3. The highest BCUT2D eigenvalue weighted by atomic mass is 35.5. The number of aromatic carboxylic acids is 1. The molecule has 0 spiro atoms. The smallest absolute Gasteiger partial charge is 0.337 e. The summed E-state index contributed by atoms with van der Waals surface area (Å²) < 4.78 is 1.91. The summed E-state index contributed by atoms with van der Waals surface area (Å²) >= 11 is 5.99. The van der Waals surface area contributed by atoms with Crippen LogP contribution in [-0.4, -0.2) is 27.1 Å². The lowest BCUT2D eigenvalue weighted by atomic mass is 10.2. The molecule has 0 fully saturated rings. The zero-order valence-electron chi connectivity index (χ0n) is 11.0. The number of benzene rings is 1. The van der Waals surface area contributed by atoms with Gasteiger partial charge in [-0.15, -0.1) is 0 Å². The van der Waals surface area contributed by atoms with Crippen LogP contribution in [0.15, 0.2) is 29.4 Å². The Bertz CT molecular complexity index is 705. The summed E-state index contributed by atoms with van der Waals surface area (Å²) in [6.45, 7) is 3.78. The SMILES string of the molecule is Cc1cc(C=NO)c(C)n1-c1ccc(C(=O)O)c(Cl)c1. The molecule has 5 nitrogen and oxygen atoms in total. The standard InChI is InChI=1S/C14H13ClN2O3/c1-8-5-10(7-16-20)9(2)17(8)11-3-4-12(14(18)19)13(15)6-11/h3-7,20H,1-2H3,(H,18,19). The van der Waals surface area contributed by atoms with Crippen LogP contribution in [0.2, 0.25) is 5.02 Å². The summed E-state index contributed by atoms with van der Waals surface area (Å²) in [4.78, 5) is 11.0. The fraction of sp³-hybridized carbons (Fsp3) is 0.143. The van der Waals surface area contributed by atoms with E-state index >= 15 is 0 Å². The summed E-state index contributed by atoms with van der Waals surface area (Å²) in [7, 11) is 0. The number of aromatic nitrogens is 1. The molecule has 2 aromatic rings. The first-order valence-electron chi connectivity index (χ1n) is 5.85. The van der Waals surface area contributed by atoms with Gasteiger partial charge < -0.3 is 14.9 Å². The Morgan fingerprint density at radius 1 is 1.35 bits per heavy atom. The van der Waals surface area contributed by atoms with Gasteiger partial charge in [-0.3, -0.25) is 0 Å². The molecule has 104 valence electrons. The Morgan fingerprint density at radius 3 is 2.60 bits per heavy atom. The van der Waals surface area contributed by atoms with Crippen LogP contribution in [0.3, 0.4) is 0 Å². The first-order chi connectivity index (χ1) is 9.45. The van der Waals surface area contributed by atoms with Crippen molar-refractivity contribution in [1.82, 2.24) is 4.57 Å². The molecule has 0 atom stereocenters. The van der Waals surface area contributed by atoms with Gasteiger partial charge >= 0.3 is 5.97 Å². The van der Waals surface area contributed by atoms with E-state index in [1.807, 2.05) is 24.5 Å². The molecule has 0 radical (unpaired) electrons. The third-order valence-corrected chi connectivity index (χ3v) is 3.42. The maximum absolute atomic E-state index is 11.0. The number of hydrogen-bond donors (Lipinski definition) is 2. The highest BCUT2D eigenvalue weighted by molar-refractivity contribution is 6.33. The second kappa shape index (κ2) is 5.38. The zero-order valence-corrected chi connectivity index (χ0v) is 11.7. The zero-order chi connectivity index (χ0) is 14.9. The number of aryl methyl sites for hydroxylation is 1. The van der Waals surface area contributed by atoms with Crippen molar-refractivity contribution >= 4 is 23.8 Å². The van der Waals surface area contributed by atoms with Crippen LogP contribution in [0.25, 0.3) is 5.69 Å². The van der Waals surface area contributed by atoms with E-state index in [2.05, 4.69) is 5.16 Å². The van der Waals surface area contributed by atoms with Gasteiger partial charge in [-0.05, 0) is 38.1 Å². The molecule has 0 bridgehead atoms. The predicted molar refractivity (Wildman–Crippen MR) is 76.6 cm³/mol. The molecule has 20 heavy (non-hydrogen) atoms. The third-order valence-electron chi connectivity index (χ3n) is 3.11. The number of halogens is 1. The number of carboxylic acid groups (broad SMARTS) is 1. The lowest BCUT2D eigenvalue weighted by Gasteiger charge is -2.11. The van der Waals surface area contributed by atoms with Gasteiger partial charge in [-0.1, -0.05) is 16.8 Å². The highest BCUT2D eigenvalue weighted by Crippen LogP contribution is 2.24. The van der Waals surface area contributed by atoms with E-state index in [9.17, 15) is 4.79 Å². The highest BCUT2D eigenvalue weighted by Gasteiger charge is 2.13. The number of rotatable bonds is 3. The molecule has 0 aliphatic heterocycles. The molecule has 6 heteroatoms. The van der Waals surface area contributed by atoms with Crippen molar-refractivity contribution in [2.45, 2.75) is 13.8 Å². The summed E-state index contributed by atoms with van der Waals surface area (Å²) in [5.74, 6) is -1.06. The van der Waals surface area contributed by atoms with Gasteiger partial charge in [0.25, 0.3) is 0 Å². The minimum atomic E-state index is -1.06. The maximum Gasteiger partial charge on any atom is 0.337 e. The normalized spacial score (nSPS) is 11.2. The van der Waals surface area contributed by atoms with Crippen molar-refractivity contribution in [2.75, 3.05) is 0 Å². The fourth-order valence-corrected chi connectivity index (χ4v) is 2.45. The minimum absolute atomic E-state index is 0.0648. The minimum Gasteiger partial charge on any atom is -0.478 e. The molecule has 0 saturated heterocycles. The van der Waals surface area contributed by atoms with Crippen molar-refractivity contribution < 1.29 is 15.1 Å². The van der Waals surface area contributed by atoms with E-state index in [4.69, 9.17) is 21.9 Å². The summed E-state index contributed by atoms with van der Waals surface area (Å²) in [5.41, 5.74) is 3.40. The number of carbonyl (C=O) groups is 1. The molecule has 0 aliphatic carbocycles. The fourth-order valence-electron chi connectivity index (χ4n) is 2.19. The van der Waals surface area contributed by atoms with E-state index in [1.54, 1.807) is 12.1 Å². The van der Waals surface area contributed by atoms with Crippen LogP contribution in [0.1, 0.15) is 27.3 Å². The third kappa shape index (κ3) is 2.40. The first-order valence-corrected chi connectivity index (χ1v) is 6.23. The molecular formula is C14H13ClN2O3. The molecule has 1 aromatic carbocycles. The van der Waals surface area contributed by atoms with Crippen molar-refractivity contribution in [2.24, 2.45) is 5.16 Å². The molecule has 0 amide bonds. The Labute approximate surface area is 120 Å². The average molecular weight is 293 g/mol. The molecule has 1 heterocycles. The quantitative estimate of drug-likeness (QED) is 0.518. The molecule has 2 rings (SSSR count). The summed E-state index contributed by atoms with van der Waals surface area (Å²) in [6, 6.07) is 6.63. The largest absolute Gasteiger partial charge is 0.478 e. The molecule has 2 N–H and O–H groups in total. The Hall–Kier alpha value is -2.27. The topological polar surface area (TPSA) is 74.8 Å². The van der Waals surface area contributed by atoms with Gasteiger partial charge in [0.05, 0.1) is 16.8 Å². The molecule has 0 aliphatic rings. The maximum atomic E-state index is 11.0. The van der Waals surface area contributed by atoms with Crippen LogP contribution in [-0.2, 0) is 0 Å². The van der Waals surface area contributed by atoms with Gasteiger partial charge in [0.1, 0.15) is 0 Å². The van der Waals surface area contributed by atoms with E-state index in [1.165, 1.54) is 12.3 Å². The van der Waals surface area contributed by atoms with Gasteiger partial charge in [0.15, 0.2) is 0 Å². The lowest BCUT2D eigenvalue weighted by molar-refractivity contribution is 0.0697. The summed E-state index contributed by atoms with van der Waals surface area (Å²) in [6.07, 6.45) is 1.35. The Kier molecular flexibility index (Phi) is 3.81. The van der Waals surface area contributed by atoms with Gasteiger partial charge in [0.2, 0.25) is 0 Å². The second-order valence-corrected chi connectivity index (χ2v) is 4.78. The number of carboxylic acids is 1. The Balaban J connectivity index is 2.58. The van der Waals surface area contributed by atoms with E-state index in [0.29, 0.717) is 0 Å². The number of nitrogens with zero attached hydrogens (tertiary/aromatic N) is 2. The van der Waals surface area contributed by atoms with Gasteiger partial charge in [0, 0.05) is 22.6 Å². The van der Waals surface area contributed by atoms with E-state index < -0.39 is 5.97 Å². The van der Waals surface area contributed by atoms with Crippen molar-refractivity contribution in [3.05, 3.63) is 51.8 Å². The second-order valence-electron chi connectivity index (χ2n) is 4.38. The Morgan fingerprint density at radius 2 is 2.05 bits per heavy atom. The molecule has 0 unspecified atom stereocenters. The van der Waals surface area contributed by atoms with Crippen LogP contribution in [0, 0.1) is 13.8 Å². The lowest BCUT2D eigenvalue weighted by Crippen LogP contribution is -2.02. The predicted octanol–water partition coefficient (Wildman–Crippen LogP) is 3.25. The van der Waals surface area contributed by atoms with Crippen molar-refractivity contribution in [1.29, 1.82) is 0 Å². The van der Waals surface area contributed by atoms with Crippen LogP contribution < -0.4 is 0 Å².